The molecule has 1 N–H and O–H groups in total. The minimum atomic E-state index is 0.0200. The Kier molecular flexibility index (Phi) is 7.14. The number of morpholine rings is 1. The van der Waals surface area contributed by atoms with E-state index in [2.05, 4.69) is 22.3 Å². The van der Waals surface area contributed by atoms with E-state index in [1.165, 1.54) is 5.69 Å². The van der Waals surface area contributed by atoms with Crippen LogP contribution < -0.4 is 19.7 Å². The van der Waals surface area contributed by atoms with Crippen LogP contribution in [0.25, 0.3) is 0 Å². The van der Waals surface area contributed by atoms with Crippen molar-refractivity contribution in [1.29, 1.82) is 0 Å². The lowest BCUT2D eigenvalue weighted by Gasteiger charge is -2.28. The van der Waals surface area contributed by atoms with E-state index in [1.807, 2.05) is 30.3 Å². The normalized spacial score (nSPS) is 13.9. The molecule has 0 aliphatic carbocycles. The molecule has 1 aliphatic rings. The molecule has 6 nitrogen and oxygen atoms in total. The number of benzene rings is 2. The Morgan fingerprint density at radius 1 is 1.07 bits per heavy atom. The van der Waals surface area contributed by atoms with Gasteiger partial charge in [-0.1, -0.05) is 18.2 Å². The van der Waals surface area contributed by atoms with Crippen molar-refractivity contribution in [1.82, 2.24) is 5.32 Å². The maximum Gasteiger partial charge on any atom is 0.224 e. The van der Waals surface area contributed by atoms with E-state index < -0.39 is 0 Å². The molecule has 0 bridgehead atoms. The van der Waals surface area contributed by atoms with E-state index in [0.717, 1.165) is 48.9 Å². The van der Waals surface area contributed by atoms with E-state index in [9.17, 15) is 4.79 Å². The van der Waals surface area contributed by atoms with Gasteiger partial charge in [0.25, 0.3) is 0 Å². The third-order valence-electron chi connectivity index (χ3n) is 4.89. The lowest BCUT2D eigenvalue weighted by Crippen LogP contribution is -2.36. The van der Waals surface area contributed by atoms with Crippen LogP contribution in [0.5, 0.6) is 11.5 Å². The number of hydrogen-bond donors (Lipinski definition) is 1. The minimum absolute atomic E-state index is 0.0200. The molecule has 1 heterocycles. The zero-order valence-corrected chi connectivity index (χ0v) is 16.6. The number of rotatable bonds is 8. The van der Waals surface area contributed by atoms with Crippen molar-refractivity contribution in [2.45, 2.75) is 12.8 Å². The molecule has 1 saturated heterocycles. The maximum absolute atomic E-state index is 12.3. The largest absolute Gasteiger partial charge is 0.497 e. The van der Waals surface area contributed by atoms with Gasteiger partial charge in [0.05, 0.1) is 33.9 Å². The molecule has 150 valence electrons. The lowest BCUT2D eigenvalue weighted by molar-refractivity contribution is -0.120. The second kappa shape index (κ2) is 9.99. The van der Waals surface area contributed by atoms with E-state index in [4.69, 9.17) is 14.2 Å². The van der Waals surface area contributed by atoms with Crippen LogP contribution in [0, 0.1) is 0 Å². The minimum Gasteiger partial charge on any atom is -0.497 e. The van der Waals surface area contributed by atoms with Crippen LogP contribution in [0.15, 0.2) is 42.5 Å². The lowest BCUT2D eigenvalue weighted by atomic mass is 10.1. The van der Waals surface area contributed by atoms with Gasteiger partial charge in [-0.3, -0.25) is 4.79 Å². The number of nitrogens with one attached hydrogen (secondary N) is 1. The summed E-state index contributed by atoms with van der Waals surface area (Å²) in [7, 11) is 3.26. The number of carbonyl (C=O) groups is 1. The number of hydrogen-bond acceptors (Lipinski definition) is 5. The predicted octanol–water partition coefficient (Wildman–Crippen LogP) is 2.44. The second-order valence-corrected chi connectivity index (χ2v) is 6.72. The van der Waals surface area contributed by atoms with Crippen molar-refractivity contribution in [2.75, 3.05) is 52.0 Å². The first-order chi connectivity index (χ1) is 13.7. The molecule has 0 atom stereocenters. The smallest absolute Gasteiger partial charge is 0.224 e. The van der Waals surface area contributed by atoms with Gasteiger partial charge in [-0.2, -0.15) is 0 Å². The Morgan fingerprint density at radius 2 is 1.82 bits per heavy atom. The molecule has 6 heteroatoms. The van der Waals surface area contributed by atoms with Crippen molar-refractivity contribution in [3.05, 3.63) is 53.6 Å². The highest BCUT2D eigenvalue weighted by molar-refractivity contribution is 5.78. The number of ether oxygens (including phenoxy) is 3. The summed E-state index contributed by atoms with van der Waals surface area (Å²) in [5.74, 6) is 1.55. The van der Waals surface area contributed by atoms with Gasteiger partial charge in [0, 0.05) is 31.4 Å². The molecule has 0 radical (unpaired) electrons. The van der Waals surface area contributed by atoms with Crippen LogP contribution in [0.3, 0.4) is 0 Å². The van der Waals surface area contributed by atoms with E-state index >= 15 is 0 Å². The van der Waals surface area contributed by atoms with Gasteiger partial charge in [0.15, 0.2) is 0 Å². The third kappa shape index (κ3) is 5.39. The van der Waals surface area contributed by atoms with Crippen molar-refractivity contribution < 1.29 is 19.0 Å². The highest BCUT2D eigenvalue weighted by atomic mass is 16.5. The Morgan fingerprint density at radius 3 is 2.50 bits per heavy atom. The van der Waals surface area contributed by atoms with Crippen LogP contribution in [0.2, 0.25) is 0 Å². The molecule has 0 unspecified atom stereocenters. The molecule has 0 aromatic heterocycles. The van der Waals surface area contributed by atoms with E-state index in [-0.39, 0.29) is 5.91 Å². The van der Waals surface area contributed by atoms with E-state index in [0.29, 0.717) is 19.4 Å². The molecular formula is C22H28N2O4. The summed E-state index contributed by atoms with van der Waals surface area (Å²) in [5, 5.41) is 2.98. The van der Waals surface area contributed by atoms with Gasteiger partial charge < -0.3 is 24.4 Å². The average molecular weight is 384 g/mol. The topological polar surface area (TPSA) is 60.0 Å². The highest BCUT2D eigenvalue weighted by Gasteiger charge is 2.11. The molecule has 0 saturated carbocycles. The summed E-state index contributed by atoms with van der Waals surface area (Å²) in [4.78, 5) is 14.6. The Hall–Kier alpha value is -2.73. The predicted molar refractivity (Wildman–Crippen MR) is 109 cm³/mol. The summed E-state index contributed by atoms with van der Waals surface area (Å²) >= 11 is 0. The van der Waals surface area contributed by atoms with Gasteiger partial charge >= 0.3 is 0 Å². The van der Waals surface area contributed by atoms with Crippen molar-refractivity contribution >= 4 is 11.6 Å². The second-order valence-electron chi connectivity index (χ2n) is 6.72. The standard InChI is InChI=1S/C22H28N2O4/c1-26-20-8-5-18(21(16-20)27-2)9-10-23-22(25)15-17-3-6-19(7-4-17)24-11-13-28-14-12-24/h3-8,16H,9-15H2,1-2H3,(H,23,25). The fourth-order valence-corrected chi connectivity index (χ4v) is 3.29. The number of methoxy groups -OCH3 is 2. The molecule has 2 aromatic carbocycles. The zero-order valence-electron chi connectivity index (χ0n) is 16.6. The molecular weight excluding hydrogens is 356 g/mol. The summed E-state index contributed by atoms with van der Waals surface area (Å²) < 4.78 is 16.0. The van der Waals surface area contributed by atoms with Gasteiger partial charge in [-0.15, -0.1) is 0 Å². The third-order valence-corrected chi connectivity index (χ3v) is 4.89. The van der Waals surface area contributed by atoms with Crippen molar-refractivity contribution in [3.8, 4) is 11.5 Å². The quantitative estimate of drug-likeness (QED) is 0.758. The Bertz CT molecular complexity index is 771. The van der Waals surface area contributed by atoms with Crippen LogP contribution in [-0.4, -0.2) is 53.0 Å². The first kappa shape index (κ1) is 20.0. The molecule has 2 aromatic rings. The first-order valence-electron chi connectivity index (χ1n) is 9.59. The number of anilines is 1. The molecule has 3 rings (SSSR count). The SMILES string of the molecule is COc1ccc(CCNC(=O)Cc2ccc(N3CCOCC3)cc2)c(OC)c1. The van der Waals surface area contributed by atoms with Crippen LogP contribution >= 0.6 is 0 Å². The van der Waals surface area contributed by atoms with Gasteiger partial charge in [-0.25, -0.2) is 0 Å². The monoisotopic (exact) mass is 384 g/mol. The average Bonchev–Trinajstić information content (AvgIpc) is 2.75. The van der Waals surface area contributed by atoms with Crippen LogP contribution in [0.1, 0.15) is 11.1 Å². The van der Waals surface area contributed by atoms with E-state index in [1.54, 1.807) is 14.2 Å². The molecule has 1 aliphatic heterocycles. The summed E-state index contributed by atoms with van der Waals surface area (Å²) in [6.07, 6.45) is 1.08. The summed E-state index contributed by atoms with van der Waals surface area (Å²) in [6, 6.07) is 13.9. The maximum atomic E-state index is 12.3. The Balaban J connectivity index is 1.46. The van der Waals surface area contributed by atoms with Gasteiger partial charge in [0.1, 0.15) is 11.5 Å². The highest BCUT2D eigenvalue weighted by Crippen LogP contribution is 2.24. The van der Waals surface area contributed by atoms with Crippen molar-refractivity contribution in [3.63, 3.8) is 0 Å². The number of amides is 1. The summed E-state index contributed by atoms with van der Waals surface area (Å²) in [6.45, 7) is 3.92. The van der Waals surface area contributed by atoms with Crippen molar-refractivity contribution in [2.24, 2.45) is 0 Å². The molecule has 28 heavy (non-hydrogen) atoms. The molecule has 0 spiro atoms. The number of carbonyl (C=O) groups excluding carboxylic acids is 1. The Labute approximate surface area is 166 Å². The fourth-order valence-electron chi connectivity index (χ4n) is 3.29. The zero-order chi connectivity index (χ0) is 19.8. The summed E-state index contributed by atoms with van der Waals surface area (Å²) in [5.41, 5.74) is 3.23. The number of nitrogens with zero attached hydrogens (tertiary/aromatic N) is 1. The van der Waals surface area contributed by atoms with Gasteiger partial charge in [0.2, 0.25) is 5.91 Å². The first-order valence-corrected chi connectivity index (χ1v) is 9.59. The van der Waals surface area contributed by atoms with Crippen LogP contribution in [-0.2, 0) is 22.4 Å². The molecule has 1 amide bonds. The molecule has 1 fully saturated rings. The van der Waals surface area contributed by atoms with Gasteiger partial charge in [-0.05, 0) is 35.7 Å². The van der Waals surface area contributed by atoms with Crippen LogP contribution in [0.4, 0.5) is 5.69 Å². The fraction of sp³-hybridized carbons (Fsp3) is 0.409.